The molecule has 1 atom stereocenters. The van der Waals surface area contributed by atoms with Gasteiger partial charge in [0.05, 0.1) is 18.4 Å². The molecule has 128 valence electrons. The van der Waals surface area contributed by atoms with Crippen LogP contribution in [0.1, 0.15) is 30.1 Å². The largest absolute Gasteiger partial charge is 0.353 e. The van der Waals surface area contributed by atoms with Crippen LogP contribution in [-0.4, -0.2) is 36.5 Å². The van der Waals surface area contributed by atoms with Gasteiger partial charge < -0.3 is 14.4 Å². The van der Waals surface area contributed by atoms with Crippen molar-refractivity contribution in [3.8, 4) is 6.07 Å². The van der Waals surface area contributed by atoms with Crippen molar-refractivity contribution < 1.29 is 9.47 Å². The van der Waals surface area contributed by atoms with Crippen LogP contribution in [0, 0.1) is 16.7 Å². The van der Waals surface area contributed by atoms with Crippen LogP contribution < -0.4 is 4.90 Å². The lowest BCUT2D eigenvalue weighted by molar-refractivity contribution is -0.310. The minimum atomic E-state index is -0.487. The number of aromatic nitrogens is 2. The highest BCUT2D eigenvalue weighted by atomic mass is 16.7. The molecule has 1 saturated heterocycles. The lowest BCUT2D eigenvalue weighted by Crippen LogP contribution is -2.70. The van der Waals surface area contributed by atoms with Crippen LogP contribution in [0.3, 0.4) is 0 Å². The Bertz CT molecular complexity index is 806. The van der Waals surface area contributed by atoms with Crippen LogP contribution in [0.5, 0.6) is 0 Å². The predicted octanol–water partition coefficient (Wildman–Crippen LogP) is 2.68. The summed E-state index contributed by atoms with van der Waals surface area (Å²) in [4.78, 5) is 10.8. The fourth-order valence-corrected chi connectivity index (χ4v) is 4.36. The van der Waals surface area contributed by atoms with Gasteiger partial charge in [-0.25, -0.2) is 4.98 Å². The zero-order chi connectivity index (χ0) is 17.5. The number of nitrogens with zero attached hydrogens (tertiary/aromatic N) is 4. The molecule has 1 unspecified atom stereocenters. The first-order valence-corrected chi connectivity index (χ1v) is 8.29. The molecule has 0 radical (unpaired) electrons. The van der Waals surface area contributed by atoms with E-state index in [-0.39, 0.29) is 11.5 Å². The molecule has 1 aromatic heterocycles. The number of methoxy groups -OCH3 is 2. The third-order valence-corrected chi connectivity index (χ3v) is 5.51. The lowest BCUT2D eigenvalue weighted by atomic mass is 9.53. The van der Waals surface area contributed by atoms with Gasteiger partial charge in [-0.15, -0.1) is 0 Å². The van der Waals surface area contributed by atoms with Gasteiger partial charge in [-0.1, -0.05) is 30.3 Å². The van der Waals surface area contributed by atoms with E-state index in [2.05, 4.69) is 45.2 Å². The molecule has 25 heavy (non-hydrogen) atoms. The van der Waals surface area contributed by atoms with Gasteiger partial charge >= 0.3 is 0 Å². The van der Waals surface area contributed by atoms with Crippen molar-refractivity contribution in [2.75, 3.05) is 25.7 Å². The maximum absolute atomic E-state index is 9.11. The molecule has 1 aromatic carbocycles. The Labute approximate surface area is 147 Å². The highest BCUT2D eigenvalue weighted by Crippen LogP contribution is 2.65. The molecule has 1 spiro atoms. The van der Waals surface area contributed by atoms with Crippen molar-refractivity contribution in [1.82, 2.24) is 9.97 Å². The smallest absolute Gasteiger partial charge is 0.168 e. The van der Waals surface area contributed by atoms with E-state index in [1.54, 1.807) is 20.4 Å². The number of ether oxygens (including phenoxy) is 2. The minimum Gasteiger partial charge on any atom is -0.353 e. The van der Waals surface area contributed by atoms with Crippen molar-refractivity contribution in [2.24, 2.45) is 5.41 Å². The van der Waals surface area contributed by atoms with E-state index in [1.807, 2.05) is 6.07 Å². The summed E-state index contributed by atoms with van der Waals surface area (Å²) in [7, 11) is 3.40. The Kier molecular flexibility index (Phi) is 3.71. The topological polar surface area (TPSA) is 71.3 Å². The first-order valence-electron chi connectivity index (χ1n) is 8.29. The molecule has 2 heterocycles. The van der Waals surface area contributed by atoms with Crippen molar-refractivity contribution in [1.29, 1.82) is 5.26 Å². The second-order valence-corrected chi connectivity index (χ2v) is 6.85. The van der Waals surface area contributed by atoms with E-state index in [0.29, 0.717) is 5.69 Å². The summed E-state index contributed by atoms with van der Waals surface area (Å²) in [5.74, 6) is 0.255. The highest BCUT2D eigenvalue weighted by molar-refractivity contribution is 5.50. The van der Waals surface area contributed by atoms with Crippen LogP contribution >= 0.6 is 0 Å². The fraction of sp³-hybridized carbons (Fsp3) is 0.421. The summed E-state index contributed by atoms with van der Waals surface area (Å²) < 4.78 is 11.2. The van der Waals surface area contributed by atoms with Crippen LogP contribution in [0.15, 0.2) is 42.7 Å². The first kappa shape index (κ1) is 16.0. The third-order valence-electron chi connectivity index (χ3n) is 5.51. The molecular weight excluding hydrogens is 316 g/mol. The molecular formula is C19H20N4O2. The highest BCUT2D eigenvalue weighted by Gasteiger charge is 2.67. The Balaban J connectivity index is 1.67. The van der Waals surface area contributed by atoms with Gasteiger partial charge in [-0.3, -0.25) is 4.98 Å². The summed E-state index contributed by atoms with van der Waals surface area (Å²) in [5, 5.41) is 9.11. The zero-order valence-corrected chi connectivity index (χ0v) is 14.3. The van der Waals surface area contributed by atoms with Crippen LogP contribution in [0.2, 0.25) is 0 Å². The van der Waals surface area contributed by atoms with E-state index in [4.69, 9.17) is 14.7 Å². The van der Waals surface area contributed by atoms with Crippen LogP contribution in [0.4, 0.5) is 5.82 Å². The maximum atomic E-state index is 9.11. The number of hydrogen-bond donors (Lipinski definition) is 0. The molecule has 1 saturated carbocycles. The molecule has 1 aliphatic heterocycles. The lowest BCUT2D eigenvalue weighted by Gasteiger charge is -2.67. The van der Waals surface area contributed by atoms with Crippen molar-refractivity contribution in [2.45, 2.75) is 24.7 Å². The summed E-state index contributed by atoms with van der Waals surface area (Å²) >= 11 is 0. The summed E-state index contributed by atoms with van der Waals surface area (Å²) in [6, 6.07) is 12.6. The van der Waals surface area contributed by atoms with Gasteiger partial charge in [0.25, 0.3) is 0 Å². The maximum Gasteiger partial charge on any atom is 0.168 e. The van der Waals surface area contributed by atoms with Crippen LogP contribution in [-0.2, 0) is 9.47 Å². The molecule has 2 fully saturated rings. The number of anilines is 1. The summed E-state index contributed by atoms with van der Waals surface area (Å²) in [6.07, 6.45) is 4.89. The Morgan fingerprint density at radius 1 is 1.16 bits per heavy atom. The van der Waals surface area contributed by atoms with E-state index in [0.717, 1.165) is 25.2 Å². The Hall–Kier alpha value is -2.49. The van der Waals surface area contributed by atoms with Gasteiger partial charge in [0.1, 0.15) is 11.9 Å². The first-order chi connectivity index (χ1) is 12.2. The number of rotatable bonds is 4. The average Bonchev–Trinajstić information content (AvgIpc) is 2.62. The van der Waals surface area contributed by atoms with Gasteiger partial charge in [0.15, 0.2) is 11.5 Å². The average molecular weight is 336 g/mol. The minimum absolute atomic E-state index is 0.0949. The quantitative estimate of drug-likeness (QED) is 0.800. The zero-order valence-electron chi connectivity index (χ0n) is 14.3. The number of hydrogen-bond acceptors (Lipinski definition) is 6. The molecule has 0 N–H and O–H groups in total. The fourth-order valence-electron chi connectivity index (χ4n) is 4.36. The Morgan fingerprint density at radius 3 is 2.52 bits per heavy atom. The second kappa shape index (κ2) is 5.80. The van der Waals surface area contributed by atoms with Crippen molar-refractivity contribution in [3.05, 3.63) is 54.0 Å². The summed E-state index contributed by atoms with van der Waals surface area (Å²) in [6.45, 7) is 0.852. The molecule has 0 bridgehead atoms. The van der Waals surface area contributed by atoms with Gasteiger partial charge in [0.2, 0.25) is 0 Å². The summed E-state index contributed by atoms with van der Waals surface area (Å²) in [5.41, 5.74) is 1.67. The molecule has 6 heteroatoms. The van der Waals surface area contributed by atoms with Crippen molar-refractivity contribution in [3.63, 3.8) is 0 Å². The van der Waals surface area contributed by atoms with Gasteiger partial charge in [-0.05, 0) is 5.56 Å². The van der Waals surface area contributed by atoms with Gasteiger partial charge in [-0.2, -0.15) is 5.26 Å². The normalized spacial score (nSPS) is 22.8. The molecule has 6 nitrogen and oxygen atoms in total. The van der Waals surface area contributed by atoms with E-state index in [1.165, 1.54) is 11.8 Å². The standard InChI is InChI=1S/C19H20N4O2/c1-24-19(25-2)11-18(12-19)13-23(16-10-21-9-15(8-20)22-16)17(18)14-6-4-3-5-7-14/h3-7,9-10,17H,11-13H2,1-2H3. The van der Waals surface area contributed by atoms with E-state index in [9.17, 15) is 0 Å². The predicted molar refractivity (Wildman–Crippen MR) is 91.7 cm³/mol. The molecule has 1 aliphatic carbocycles. The van der Waals surface area contributed by atoms with Gasteiger partial charge in [0, 0.05) is 39.0 Å². The molecule has 0 amide bonds. The molecule has 2 aromatic rings. The second-order valence-electron chi connectivity index (χ2n) is 6.85. The molecule has 4 rings (SSSR count). The van der Waals surface area contributed by atoms with Crippen LogP contribution in [0.25, 0.3) is 0 Å². The Morgan fingerprint density at radius 2 is 1.88 bits per heavy atom. The number of benzene rings is 1. The molecule has 2 aliphatic rings. The number of nitriles is 1. The van der Waals surface area contributed by atoms with E-state index < -0.39 is 5.79 Å². The SMILES string of the molecule is COC1(OC)CC2(CN(c3cncc(C#N)n3)C2c2ccccc2)C1. The van der Waals surface area contributed by atoms with Crippen molar-refractivity contribution >= 4 is 5.82 Å². The van der Waals surface area contributed by atoms with E-state index >= 15 is 0 Å². The monoisotopic (exact) mass is 336 g/mol. The third kappa shape index (κ3) is 2.39.